The molecule has 0 fully saturated rings. The van der Waals surface area contributed by atoms with Gasteiger partial charge in [-0.3, -0.25) is 0 Å². The second-order valence-electron chi connectivity index (χ2n) is 12.5. The molecule has 0 atom stereocenters. The second kappa shape index (κ2) is 15.3. The summed E-state index contributed by atoms with van der Waals surface area (Å²) >= 11 is 0. The van der Waals surface area contributed by atoms with Crippen LogP contribution in [0, 0.1) is 88.1 Å². The topological polar surface area (TPSA) is 6.48 Å². The van der Waals surface area contributed by atoms with E-state index in [1.165, 1.54) is 37.5 Å². The van der Waals surface area contributed by atoms with Crippen LogP contribution in [0.4, 0.5) is 69.2 Å². The molecule has 2 nitrogen and oxygen atoms in total. The fourth-order valence-electron chi connectivity index (χ4n) is 5.41. The first kappa shape index (κ1) is 37.6. The molecule has 0 amide bonds. The van der Waals surface area contributed by atoms with Gasteiger partial charge < -0.3 is 9.80 Å². The van der Waals surface area contributed by atoms with Gasteiger partial charge in [0.15, 0.2) is 0 Å². The largest absolute Gasteiger partial charge is 0.307 e. The quantitative estimate of drug-likeness (QED) is 0.158. The van der Waals surface area contributed by atoms with Gasteiger partial charge in [-0.05, 0) is 113 Å². The number of rotatable bonds is 6. The molecule has 6 aromatic carbocycles. The van der Waals surface area contributed by atoms with Crippen LogP contribution in [0.3, 0.4) is 0 Å². The zero-order chi connectivity index (χ0) is 38.0. The smallest absolute Gasteiger partial charge is 0.147 e. The molecular formula is C42H34F8N2. The molecule has 52 heavy (non-hydrogen) atoms. The molecule has 0 unspecified atom stereocenters. The number of aryl methyl sites for hydroxylation is 5. The Labute approximate surface area is 297 Å². The summed E-state index contributed by atoms with van der Waals surface area (Å²) in [5.74, 6) is -5.54. The molecule has 0 saturated carbocycles. The molecule has 0 heterocycles. The summed E-state index contributed by atoms with van der Waals surface area (Å²) in [4.78, 5) is 2.47. The van der Waals surface area contributed by atoms with Gasteiger partial charge in [0.2, 0.25) is 0 Å². The molecule has 268 valence electrons. The highest BCUT2D eigenvalue weighted by Crippen LogP contribution is 2.40. The molecule has 6 rings (SSSR count). The Morgan fingerprint density at radius 2 is 0.615 bits per heavy atom. The second-order valence-corrected chi connectivity index (χ2v) is 12.5. The summed E-state index contributed by atoms with van der Waals surface area (Å²) in [7, 11) is 0. The van der Waals surface area contributed by atoms with Crippen molar-refractivity contribution in [2.75, 3.05) is 9.80 Å². The lowest BCUT2D eigenvalue weighted by Gasteiger charge is -2.27. The van der Waals surface area contributed by atoms with Gasteiger partial charge in [0.25, 0.3) is 0 Å². The third-order valence-corrected chi connectivity index (χ3v) is 8.52. The summed E-state index contributed by atoms with van der Waals surface area (Å²) in [5, 5.41) is 0. The number of nitrogens with zero attached hydrogens (tertiary/aromatic N) is 2. The third kappa shape index (κ3) is 7.96. The van der Waals surface area contributed by atoms with Crippen molar-refractivity contribution in [3.8, 4) is 0 Å². The maximum atomic E-state index is 14.6. The summed E-state index contributed by atoms with van der Waals surface area (Å²) in [5.41, 5.74) is 2.58. The zero-order valence-corrected chi connectivity index (χ0v) is 29.2. The van der Waals surface area contributed by atoms with E-state index in [9.17, 15) is 35.1 Å². The fourth-order valence-corrected chi connectivity index (χ4v) is 5.41. The van der Waals surface area contributed by atoms with E-state index in [0.29, 0.717) is 11.4 Å². The molecule has 0 aliphatic carbocycles. The molecule has 0 radical (unpaired) electrons. The van der Waals surface area contributed by atoms with Crippen LogP contribution < -0.4 is 9.80 Å². The highest BCUT2D eigenvalue weighted by molar-refractivity contribution is 5.79. The molecule has 0 N–H and O–H groups in total. The maximum Gasteiger partial charge on any atom is 0.147 e. The lowest BCUT2D eigenvalue weighted by Crippen LogP contribution is -2.14. The SMILES string of the molecule is Cc1ccc(N(c2cc(F)c(C)c(F)c2)c2cc(F)c(C)cc2F)cc1.Cc1ccc(N(c2cc(F)c(C)cc2F)c2cc(F)c(C)cc2F)cc1. The Bertz CT molecular complexity index is 2170. The van der Waals surface area contributed by atoms with Crippen LogP contribution in [-0.4, -0.2) is 0 Å². The minimum absolute atomic E-state index is 0.0663. The standard InChI is InChI=1S/2C21H17F4N/c1-12-4-6-15(7-5-12)26(16-9-18(23)14(3)19(24)10-16)21-11-17(22)13(2)8-20(21)25;1-12-4-6-15(7-5-12)26(20-10-16(22)13(2)8-18(20)24)21-11-17(23)14(3)9-19(21)25/h2*4-11H,1-3H3. The van der Waals surface area contributed by atoms with E-state index in [2.05, 4.69) is 0 Å². The molecule has 0 saturated heterocycles. The number of hydrogen-bond acceptors (Lipinski definition) is 2. The average Bonchev–Trinajstić information content (AvgIpc) is 3.09. The maximum absolute atomic E-state index is 14.6. The molecule has 0 bridgehead atoms. The molecule has 0 aromatic heterocycles. The van der Waals surface area contributed by atoms with Gasteiger partial charge in [-0.1, -0.05) is 35.4 Å². The van der Waals surface area contributed by atoms with Crippen molar-refractivity contribution in [3.63, 3.8) is 0 Å². The number of hydrogen-bond donors (Lipinski definition) is 0. The molecular weight excluding hydrogens is 684 g/mol. The van der Waals surface area contributed by atoms with Crippen LogP contribution in [0.25, 0.3) is 0 Å². The van der Waals surface area contributed by atoms with Gasteiger partial charge in [0.05, 0.1) is 22.7 Å². The number of halogens is 8. The lowest BCUT2D eigenvalue weighted by molar-refractivity contribution is 0.568. The highest BCUT2D eigenvalue weighted by Gasteiger charge is 2.23. The van der Waals surface area contributed by atoms with Gasteiger partial charge in [-0.25, -0.2) is 35.1 Å². The zero-order valence-electron chi connectivity index (χ0n) is 29.2. The van der Waals surface area contributed by atoms with E-state index in [0.717, 1.165) is 59.7 Å². The van der Waals surface area contributed by atoms with Crippen molar-refractivity contribution in [2.24, 2.45) is 0 Å². The van der Waals surface area contributed by atoms with Gasteiger partial charge in [-0.15, -0.1) is 0 Å². The van der Waals surface area contributed by atoms with Crippen molar-refractivity contribution in [1.29, 1.82) is 0 Å². The van der Waals surface area contributed by atoms with Crippen LogP contribution in [0.15, 0.2) is 97.1 Å². The Kier molecular flexibility index (Phi) is 11.1. The van der Waals surface area contributed by atoms with E-state index < -0.39 is 46.5 Å². The summed E-state index contributed by atoms with van der Waals surface area (Å²) in [6.45, 7) is 9.38. The number of anilines is 6. The van der Waals surface area contributed by atoms with Crippen molar-refractivity contribution in [2.45, 2.75) is 41.5 Å². The normalized spacial score (nSPS) is 10.9. The molecule has 0 aliphatic rings. The molecule has 10 heteroatoms. The first-order valence-corrected chi connectivity index (χ1v) is 16.1. The third-order valence-electron chi connectivity index (χ3n) is 8.52. The minimum atomic E-state index is -0.759. The monoisotopic (exact) mass is 718 g/mol. The van der Waals surface area contributed by atoms with Crippen LogP contribution in [0.1, 0.15) is 33.4 Å². The van der Waals surface area contributed by atoms with Crippen LogP contribution in [0.5, 0.6) is 0 Å². The van der Waals surface area contributed by atoms with Crippen LogP contribution in [0.2, 0.25) is 0 Å². The minimum Gasteiger partial charge on any atom is -0.307 e. The first-order chi connectivity index (χ1) is 24.5. The van der Waals surface area contributed by atoms with Gasteiger partial charge in [0.1, 0.15) is 46.5 Å². The summed E-state index contributed by atoms with van der Waals surface area (Å²) in [6, 6.07) is 22.1. The van der Waals surface area contributed by atoms with Crippen molar-refractivity contribution in [3.05, 3.63) is 177 Å². The highest BCUT2D eigenvalue weighted by atomic mass is 19.2. The lowest BCUT2D eigenvalue weighted by atomic mass is 10.1. The van der Waals surface area contributed by atoms with E-state index in [1.54, 1.807) is 48.5 Å². The van der Waals surface area contributed by atoms with Gasteiger partial charge in [-0.2, -0.15) is 0 Å². The van der Waals surface area contributed by atoms with Crippen molar-refractivity contribution < 1.29 is 35.1 Å². The van der Waals surface area contributed by atoms with Crippen LogP contribution >= 0.6 is 0 Å². The van der Waals surface area contributed by atoms with Gasteiger partial charge in [0, 0.05) is 35.1 Å². The van der Waals surface area contributed by atoms with E-state index in [-0.39, 0.29) is 45.0 Å². The molecule has 0 aliphatic heterocycles. The Hall–Kier alpha value is -5.64. The van der Waals surface area contributed by atoms with E-state index in [1.807, 2.05) is 13.8 Å². The fraction of sp³-hybridized carbons (Fsp3) is 0.143. The summed E-state index contributed by atoms with van der Waals surface area (Å²) in [6.07, 6.45) is 0. The first-order valence-electron chi connectivity index (χ1n) is 16.1. The van der Waals surface area contributed by atoms with Crippen molar-refractivity contribution in [1.82, 2.24) is 0 Å². The van der Waals surface area contributed by atoms with E-state index >= 15 is 0 Å². The molecule has 6 aromatic rings. The Morgan fingerprint density at radius 3 is 0.962 bits per heavy atom. The average molecular weight is 719 g/mol. The summed E-state index contributed by atoms with van der Waals surface area (Å²) < 4.78 is 114. The Balaban J connectivity index is 0.000000201. The number of benzene rings is 6. The predicted octanol–water partition coefficient (Wildman–Crippen LogP) is 13.3. The molecule has 0 spiro atoms. The Morgan fingerprint density at radius 1 is 0.308 bits per heavy atom. The van der Waals surface area contributed by atoms with Crippen LogP contribution in [-0.2, 0) is 0 Å². The van der Waals surface area contributed by atoms with Crippen molar-refractivity contribution >= 4 is 34.1 Å². The van der Waals surface area contributed by atoms with Gasteiger partial charge >= 0.3 is 0 Å². The predicted molar refractivity (Wildman–Crippen MR) is 190 cm³/mol. The van der Waals surface area contributed by atoms with E-state index in [4.69, 9.17) is 0 Å².